The first-order valence-corrected chi connectivity index (χ1v) is 7.17. The molecule has 0 aromatic heterocycles. The topological polar surface area (TPSA) is 23.6 Å². The van der Waals surface area contributed by atoms with Crippen molar-refractivity contribution in [2.75, 3.05) is 6.54 Å². The highest BCUT2D eigenvalue weighted by molar-refractivity contribution is 7.80. The van der Waals surface area contributed by atoms with Gasteiger partial charge in [0, 0.05) is 19.5 Å². The Labute approximate surface area is 119 Å². The fourth-order valence-corrected chi connectivity index (χ4v) is 3.26. The summed E-state index contributed by atoms with van der Waals surface area (Å²) in [4.78, 5) is 16.4. The summed E-state index contributed by atoms with van der Waals surface area (Å²) in [7, 11) is 0. The van der Waals surface area contributed by atoms with E-state index in [1.807, 2.05) is 12.1 Å². The predicted octanol–water partition coefficient (Wildman–Crippen LogP) is 2.20. The summed E-state index contributed by atoms with van der Waals surface area (Å²) in [5.74, 6) is 0.610. The highest BCUT2D eigenvalue weighted by atomic mass is 32.1. The molecule has 3 rings (SSSR count). The second kappa shape index (κ2) is 4.60. The van der Waals surface area contributed by atoms with Crippen molar-refractivity contribution in [3.05, 3.63) is 35.4 Å². The molecule has 0 bridgehead atoms. The lowest BCUT2D eigenvalue weighted by Gasteiger charge is -2.30. The van der Waals surface area contributed by atoms with Crippen molar-refractivity contribution in [3.63, 3.8) is 0 Å². The van der Waals surface area contributed by atoms with Crippen molar-refractivity contribution in [3.8, 4) is 0 Å². The number of benzene rings is 1. The first-order valence-electron chi connectivity index (χ1n) is 6.76. The maximum atomic E-state index is 12.5. The van der Waals surface area contributed by atoms with Crippen molar-refractivity contribution in [1.29, 1.82) is 0 Å². The molecular weight excluding hydrogens is 256 g/mol. The Bertz CT molecular complexity index is 498. The molecule has 1 aromatic carbocycles. The van der Waals surface area contributed by atoms with Gasteiger partial charge in [0.1, 0.15) is 6.04 Å². The molecule has 1 unspecified atom stereocenters. The average molecular weight is 274 g/mol. The van der Waals surface area contributed by atoms with Crippen LogP contribution in [0.3, 0.4) is 0 Å². The maximum Gasteiger partial charge on any atom is 0.251 e. The molecule has 2 heterocycles. The van der Waals surface area contributed by atoms with Crippen LogP contribution in [-0.2, 0) is 17.8 Å². The molecule has 1 atom stereocenters. The Hall–Kier alpha value is -1.42. The number of hydrogen-bond donors (Lipinski definition) is 0. The second-order valence-electron chi connectivity index (χ2n) is 5.74. The third-order valence-electron chi connectivity index (χ3n) is 3.82. The maximum absolute atomic E-state index is 12.5. The van der Waals surface area contributed by atoms with E-state index in [0.29, 0.717) is 11.0 Å². The van der Waals surface area contributed by atoms with Gasteiger partial charge in [0.2, 0.25) is 0 Å². The Kier molecular flexibility index (Phi) is 3.05. The minimum Gasteiger partial charge on any atom is -0.332 e. The first kappa shape index (κ1) is 12.6. The fraction of sp³-hybridized carbons (Fsp3) is 0.467. The molecule has 1 saturated heterocycles. The molecule has 2 aliphatic heterocycles. The van der Waals surface area contributed by atoms with Crippen molar-refractivity contribution in [1.82, 2.24) is 9.80 Å². The zero-order valence-corrected chi connectivity index (χ0v) is 12.1. The summed E-state index contributed by atoms with van der Waals surface area (Å²) in [6, 6.07) is 8.25. The molecule has 19 heavy (non-hydrogen) atoms. The van der Waals surface area contributed by atoms with Crippen molar-refractivity contribution >= 4 is 23.2 Å². The van der Waals surface area contributed by atoms with E-state index in [2.05, 4.69) is 30.9 Å². The highest BCUT2D eigenvalue weighted by Crippen LogP contribution is 2.30. The van der Waals surface area contributed by atoms with Crippen LogP contribution >= 0.6 is 12.2 Å². The molecule has 0 radical (unpaired) electrons. The van der Waals surface area contributed by atoms with E-state index in [9.17, 15) is 4.79 Å². The van der Waals surface area contributed by atoms with Crippen LogP contribution < -0.4 is 0 Å². The van der Waals surface area contributed by atoms with Crippen LogP contribution in [-0.4, -0.2) is 33.4 Å². The van der Waals surface area contributed by atoms with E-state index >= 15 is 0 Å². The van der Waals surface area contributed by atoms with E-state index in [1.54, 1.807) is 4.90 Å². The van der Waals surface area contributed by atoms with Crippen LogP contribution in [0.25, 0.3) is 0 Å². The normalized spacial score (nSPS) is 21.9. The van der Waals surface area contributed by atoms with Gasteiger partial charge in [0.15, 0.2) is 5.11 Å². The summed E-state index contributed by atoms with van der Waals surface area (Å²) >= 11 is 5.49. The monoisotopic (exact) mass is 274 g/mol. The second-order valence-corrected chi connectivity index (χ2v) is 6.11. The fourth-order valence-electron chi connectivity index (χ4n) is 2.91. The number of thiocarbonyl (C=S) groups is 1. The smallest absolute Gasteiger partial charge is 0.251 e. The number of fused-ring (bicyclic) bond motifs is 2. The molecule has 100 valence electrons. The highest BCUT2D eigenvalue weighted by Gasteiger charge is 2.44. The lowest BCUT2D eigenvalue weighted by atomic mass is 9.95. The summed E-state index contributed by atoms with van der Waals surface area (Å²) in [5, 5.41) is 0.707. The van der Waals surface area contributed by atoms with Gasteiger partial charge in [0.05, 0.1) is 0 Å². The van der Waals surface area contributed by atoms with E-state index < -0.39 is 0 Å². The lowest BCUT2D eigenvalue weighted by Crippen LogP contribution is -2.39. The summed E-state index contributed by atoms with van der Waals surface area (Å²) < 4.78 is 0. The first-order chi connectivity index (χ1) is 9.08. The molecule has 0 aliphatic carbocycles. The largest absolute Gasteiger partial charge is 0.332 e. The van der Waals surface area contributed by atoms with E-state index in [0.717, 1.165) is 19.5 Å². The molecule has 3 nitrogen and oxygen atoms in total. The number of amides is 1. The molecule has 4 heteroatoms. The molecule has 0 spiro atoms. The van der Waals surface area contributed by atoms with Crippen LogP contribution in [0.4, 0.5) is 0 Å². The minimum absolute atomic E-state index is 0.0823. The van der Waals surface area contributed by atoms with Gasteiger partial charge in [-0.2, -0.15) is 0 Å². The van der Waals surface area contributed by atoms with Crippen LogP contribution in [0.15, 0.2) is 24.3 Å². The van der Waals surface area contributed by atoms with Crippen LogP contribution in [0.1, 0.15) is 25.0 Å². The van der Waals surface area contributed by atoms with Gasteiger partial charge < -0.3 is 4.90 Å². The van der Waals surface area contributed by atoms with Gasteiger partial charge in [-0.1, -0.05) is 38.1 Å². The van der Waals surface area contributed by atoms with Gasteiger partial charge in [-0.25, -0.2) is 0 Å². The molecule has 0 saturated carbocycles. The number of carbonyl (C=O) groups is 1. The molecule has 1 aromatic rings. The third-order valence-corrected chi connectivity index (χ3v) is 4.28. The van der Waals surface area contributed by atoms with Gasteiger partial charge in [0.25, 0.3) is 5.91 Å². The van der Waals surface area contributed by atoms with E-state index in [4.69, 9.17) is 12.2 Å². The number of nitrogens with zero attached hydrogens (tertiary/aromatic N) is 2. The molecular formula is C15H18N2OS. The molecule has 1 fully saturated rings. The standard InChI is InChI=1S/C15H18N2OS/c1-10(2)8-17-14(18)13-7-11-5-3-4-6-12(11)9-16(13)15(17)19/h3-6,10,13H,7-9H2,1-2H3. The summed E-state index contributed by atoms with van der Waals surface area (Å²) in [6.45, 7) is 5.71. The van der Waals surface area contributed by atoms with E-state index in [-0.39, 0.29) is 11.9 Å². The van der Waals surface area contributed by atoms with E-state index in [1.165, 1.54) is 11.1 Å². The Morgan fingerprint density at radius 2 is 2.00 bits per heavy atom. The Balaban J connectivity index is 1.90. The molecule has 1 amide bonds. The number of hydrogen-bond acceptors (Lipinski definition) is 2. The van der Waals surface area contributed by atoms with Crippen molar-refractivity contribution in [2.24, 2.45) is 5.92 Å². The average Bonchev–Trinajstić information content (AvgIpc) is 2.61. The number of carbonyl (C=O) groups excluding carboxylic acids is 1. The SMILES string of the molecule is CC(C)CN1C(=O)C2Cc3ccccc3CN2C1=S. The zero-order valence-electron chi connectivity index (χ0n) is 11.3. The van der Waals surface area contributed by atoms with Crippen LogP contribution in [0.2, 0.25) is 0 Å². The number of rotatable bonds is 2. The minimum atomic E-state index is -0.0823. The zero-order chi connectivity index (χ0) is 13.6. The quantitative estimate of drug-likeness (QED) is 0.772. The van der Waals surface area contributed by atoms with Gasteiger partial charge in [-0.3, -0.25) is 9.69 Å². The molecule has 0 N–H and O–H groups in total. The summed E-state index contributed by atoms with van der Waals surface area (Å²) in [5.41, 5.74) is 2.58. The Morgan fingerprint density at radius 1 is 1.32 bits per heavy atom. The van der Waals surface area contributed by atoms with Gasteiger partial charge >= 0.3 is 0 Å². The molecule has 2 aliphatic rings. The van der Waals surface area contributed by atoms with Crippen LogP contribution in [0.5, 0.6) is 0 Å². The van der Waals surface area contributed by atoms with Gasteiger partial charge in [-0.15, -0.1) is 0 Å². The predicted molar refractivity (Wildman–Crippen MR) is 78.6 cm³/mol. The Morgan fingerprint density at radius 3 is 2.68 bits per heavy atom. The van der Waals surface area contributed by atoms with Crippen molar-refractivity contribution in [2.45, 2.75) is 32.9 Å². The van der Waals surface area contributed by atoms with Gasteiger partial charge in [-0.05, 0) is 29.3 Å². The summed E-state index contributed by atoms with van der Waals surface area (Å²) in [6.07, 6.45) is 0.781. The lowest BCUT2D eigenvalue weighted by molar-refractivity contribution is -0.128. The third kappa shape index (κ3) is 2.04. The van der Waals surface area contributed by atoms with Crippen molar-refractivity contribution < 1.29 is 4.79 Å². The van der Waals surface area contributed by atoms with Crippen LogP contribution in [0, 0.1) is 5.92 Å².